The lowest BCUT2D eigenvalue weighted by Gasteiger charge is -2.17. The highest BCUT2D eigenvalue weighted by Crippen LogP contribution is 2.22. The summed E-state index contributed by atoms with van der Waals surface area (Å²) in [7, 11) is 1.76. The molecule has 0 unspecified atom stereocenters. The molecular formula is C16H16Cl2N2O. The average molecular weight is 323 g/mol. The number of benzene rings is 2. The van der Waals surface area contributed by atoms with Crippen LogP contribution in [0, 0.1) is 0 Å². The van der Waals surface area contributed by atoms with Gasteiger partial charge in [-0.1, -0.05) is 47.5 Å². The van der Waals surface area contributed by atoms with Gasteiger partial charge in [0.05, 0.1) is 16.6 Å². The van der Waals surface area contributed by atoms with Crippen LogP contribution in [0.15, 0.2) is 48.5 Å². The van der Waals surface area contributed by atoms with Crippen LogP contribution in [0.2, 0.25) is 10.0 Å². The molecule has 2 aromatic rings. The van der Waals surface area contributed by atoms with E-state index in [1.165, 1.54) is 0 Å². The Labute approximate surface area is 134 Å². The lowest BCUT2D eigenvalue weighted by molar-refractivity contribution is -0.117. The van der Waals surface area contributed by atoms with Crippen molar-refractivity contribution in [1.82, 2.24) is 5.32 Å². The Kier molecular flexibility index (Phi) is 5.62. The minimum atomic E-state index is 0.00117. The van der Waals surface area contributed by atoms with Crippen molar-refractivity contribution in [2.24, 2.45) is 0 Å². The van der Waals surface area contributed by atoms with E-state index < -0.39 is 0 Å². The van der Waals surface area contributed by atoms with Crippen LogP contribution in [0.4, 0.5) is 5.69 Å². The van der Waals surface area contributed by atoms with Gasteiger partial charge in [0.2, 0.25) is 5.91 Å². The predicted octanol–water partition coefficient (Wildman–Crippen LogP) is 3.75. The van der Waals surface area contributed by atoms with Crippen LogP contribution < -0.4 is 10.2 Å². The number of rotatable bonds is 5. The van der Waals surface area contributed by atoms with Crippen molar-refractivity contribution in [2.45, 2.75) is 6.54 Å². The molecule has 1 N–H and O–H groups in total. The highest BCUT2D eigenvalue weighted by Gasteiger charge is 2.09. The third-order valence-corrected chi connectivity index (χ3v) is 3.85. The Morgan fingerprint density at radius 2 is 1.81 bits per heavy atom. The van der Waals surface area contributed by atoms with Gasteiger partial charge >= 0.3 is 0 Å². The van der Waals surface area contributed by atoms with E-state index in [1.807, 2.05) is 36.4 Å². The summed E-state index contributed by atoms with van der Waals surface area (Å²) in [6.45, 7) is 0.816. The Bertz CT molecular complexity index is 617. The molecule has 0 fully saturated rings. The van der Waals surface area contributed by atoms with Crippen LogP contribution in [0.1, 0.15) is 5.56 Å². The van der Waals surface area contributed by atoms with Crippen molar-refractivity contribution in [3.8, 4) is 0 Å². The van der Waals surface area contributed by atoms with E-state index in [-0.39, 0.29) is 12.5 Å². The number of hydrogen-bond donors (Lipinski definition) is 1. The van der Waals surface area contributed by atoms with E-state index >= 15 is 0 Å². The number of nitrogens with zero attached hydrogens (tertiary/aromatic N) is 1. The number of nitrogens with one attached hydrogen (secondary N) is 1. The summed E-state index contributed by atoms with van der Waals surface area (Å²) >= 11 is 11.8. The summed E-state index contributed by atoms with van der Waals surface area (Å²) in [4.78, 5) is 13.7. The molecule has 110 valence electrons. The van der Waals surface area contributed by atoms with Gasteiger partial charge in [0, 0.05) is 19.3 Å². The molecule has 0 aliphatic rings. The van der Waals surface area contributed by atoms with Crippen molar-refractivity contribution in [3.63, 3.8) is 0 Å². The number of anilines is 1. The van der Waals surface area contributed by atoms with E-state index in [0.29, 0.717) is 16.6 Å². The van der Waals surface area contributed by atoms with E-state index in [9.17, 15) is 4.79 Å². The average Bonchev–Trinajstić information content (AvgIpc) is 2.51. The predicted molar refractivity (Wildman–Crippen MR) is 88.0 cm³/mol. The highest BCUT2D eigenvalue weighted by molar-refractivity contribution is 6.42. The number of carbonyl (C=O) groups is 1. The maximum Gasteiger partial charge on any atom is 0.240 e. The van der Waals surface area contributed by atoms with Gasteiger partial charge < -0.3 is 10.2 Å². The number of hydrogen-bond acceptors (Lipinski definition) is 2. The van der Waals surface area contributed by atoms with Crippen molar-refractivity contribution in [3.05, 3.63) is 64.1 Å². The molecular weight excluding hydrogens is 307 g/mol. The molecule has 0 atom stereocenters. The van der Waals surface area contributed by atoms with Gasteiger partial charge in [0.25, 0.3) is 0 Å². The first-order chi connectivity index (χ1) is 10.1. The zero-order valence-electron chi connectivity index (χ0n) is 11.6. The molecule has 0 aliphatic heterocycles. The second kappa shape index (κ2) is 7.46. The third kappa shape index (κ3) is 4.46. The minimum Gasteiger partial charge on any atom is -0.314 e. The van der Waals surface area contributed by atoms with E-state index in [0.717, 1.165) is 11.3 Å². The van der Waals surface area contributed by atoms with Crippen LogP contribution in [0.25, 0.3) is 0 Å². The highest BCUT2D eigenvalue weighted by atomic mass is 35.5. The van der Waals surface area contributed by atoms with Crippen LogP contribution in [0.3, 0.4) is 0 Å². The molecule has 5 heteroatoms. The van der Waals surface area contributed by atoms with Crippen LogP contribution in [-0.4, -0.2) is 19.5 Å². The summed E-state index contributed by atoms with van der Waals surface area (Å²) in [5, 5.41) is 4.15. The second-order valence-electron chi connectivity index (χ2n) is 4.64. The standard InChI is InChI=1S/C16H16Cl2N2O/c1-20(13-5-3-2-4-6-13)16(21)11-19-10-12-7-8-14(17)15(18)9-12/h2-9,19H,10-11H2,1H3. The van der Waals surface area contributed by atoms with E-state index in [2.05, 4.69) is 5.32 Å². The summed E-state index contributed by atoms with van der Waals surface area (Å²) in [5.41, 5.74) is 1.86. The molecule has 0 radical (unpaired) electrons. The minimum absolute atomic E-state index is 0.00117. The van der Waals surface area contributed by atoms with Gasteiger partial charge in [0.1, 0.15) is 0 Å². The van der Waals surface area contributed by atoms with Crippen LogP contribution in [0.5, 0.6) is 0 Å². The van der Waals surface area contributed by atoms with Crippen LogP contribution >= 0.6 is 23.2 Å². The van der Waals surface area contributed by atoms with Crippen molar-refractivity contribution in [2.75, 3.05) is 18.5 Å². The van der Waals surface area contributed by atoms with E-state index in [1.54, 1.807) is 24.1 Å². The third-order valence-electron chi connectivity index (χ3n) is 3.11. The quantitative estimate of drug-likeness (QED) is 0.909. The molecule has 2 aromatic carbocycles. The molecule has 0 spiro atoms. The fourth-order valence-electron chi connectivity index (χ4n) is 1.88. The maximum absolute atomic E-state index is 12.1. The first-order valence-corrected chi connectivity index (χ1v) is 7.30. The normalized spacial score (nSPS) is 10.4. The Balaban J connectivity index is 1.85. The number of carbonyl (C=O) groups excluding carboxylic acids is 1. The lowest BCUT2D eigenvalue weighted by Crippen LogP contribution is -2.35. The van der Waals surface area contributed by atoms with Gasteiger partial charge in [-0.2, -0.15) is 0 Å². The smallest absolute Gasteiger partial charge is 0.240 e. The number of halogens is 2. The molecule has 2 rings (SSSR count). The number of para-hydroxylation sites is 1. The fraction of sp³-hybridized carbons (Fsp3) is 0.188. The van der Waals surface area contributed by atoms with Gasteiger partial charge in [-0.3, -0.25) is 4.79 Å². The molecule has 0 saturated heterocycles. The summed E-state index contributed by atoms with van der Waals surface area (Å²) < 4.78 is 0. The Morgan fingerprint density at radius 1 is 1.10 bits per heavy atom. The van der Waals surface area contributed by atoms with Crippen molar-refractivity contribution < 1.29 is 4.79 Å². The van der Waals surface area contributed by atoms with Gasteiger partial charge in [-0.05, 0) is 29.8 Å². The molecule has 0 aliphatic carbocycles. The zero-order valence-corrected chi connectivity index (χ0v) is 13.2. The van der Waals surface area contributed by atoms with Gasteiger partial charge in [0.15, 0.2) is 0 Å². The molecule has 0 saturated carbocycles. The molecule has 21 heavy (non-hydrogen) atoms. The van der Waals surface area contributed by atoms with Crippen molar-refractivity contribution >= 4 is 34.8 Å². The summed E-state index contributed by atoms with van der Waals surface area (Å²) in [6, 6.07) is 15.0. The summed E-state index contributed by atoms with van der Waals surface area (Å²) in [5.74, 6) is 0.00117. The molecule has 0 aromatic heterocycles. The number of likely N-dealkylation sites (N-methyl/N-ethyl adjacent to an activating group) is 1. The Morgan fingerprint density at radius 3 is 2.48 bits per heavy atom. The van der Waals surface area contributed by atoms with E-state index in [4.69, 9.17) is 23.2 Å². The largest absolute Gasteiger partial charge is 0.314 e. The zero-order chi connectivity index (χ0) is 15.2. The molecule has 0 bridgehead atoms. The summed E-state index contributed by atoms with van der Waals surface area (Å²) in [6.07, 6.45) is 0. The SMILES string of the molecule is CN(C(=O)CNCc1ccc(Cl)c(Cl)c1)c1ccccc1. The van der Waals surface area contributed by atoms with Crippen LogP contribution in [-0.2, 0) is 11.3 Å². The van der Waals surface area contributed by atoms with Gasteiger partial charge in [-0.25, -0.2) is 0 Å². The molecule has 1 amide bonds. The monoisotopic (exact) mass is 322 g/mol. The lowest BCUT2D eigenvalue weighted by atomic mass is 10.2. The molecule has 0 heterocycles. The van der Waals surface area contributed by atoms with Gasteiger partial charge in [-0.15, -0.1) is 0 Å². The second-order valence-corrected chi connectivity index (χ2v) is 5.45. The fourth-order valence-corrected chi connectivity index (χ4v) is 2.20. The topological polar surface area (TPSA) is 32.3 Å². The first kappa shape index (κ1) is 15.8. The molecule has 3 nitrogen and oxygen atoms in total. The Hall–Kier alpha value is -1.55. The maximum atomic E-state index is 12.1. The number of amides is 1. The first-order valence-electron chi connectivity index (χ1n) is 6.54. The van der Waals surface area contributed by atoms with Crippen molar-refractivity contribution in [1.29, 1.82) is 0 Å².